The molecule has 5 rings (SSSR count). The zero-order valence-corrected chi connectivity index (χ0v) is 20.5. The molecule has 3 saturated heterocycles. The van der Waals surface area contributed by atoms with Gasteiger partial charge in [0.05, 0.1) is 11.5 Å². The molecular weight excluding hydrogens is 446 g/mol. The molecule has 0 unspecified atom stereocenters. The number of nitrogens with zero attached hydrogens (tertiary/aromatic N) is 6. The summed E-state index contributed by atoms with van der Waals surface area (Å²) in [6, 6.07) is 3.87. The average Bonchev–Trinajstić information content (AvgIpc) is 3.35. The van der Waals surface area contributed by atoms with Crippen molar-refractivity contribution in [1.82, 2.24) is 24.9 Å². The van der Waals surface area contributed by atoms with Gasteiger partial charge in [0.1, 0.15) is 11.4 Å². The van der Waals surface area contributed by atoms with Crippen LogP contribution in [0.5, 0.6) is 0 Å². The molecule has 2 amide bonds. The van der Waals surface area contributed by atoms with Crippen molar-refractivity contribution in [3.8, 4) is 11.5 Å². The molecule has 0 saturated carbocycles. The van der Waals surface area contributed by atoms with E-state index < -0.39 is 5.54 Å². The molecule has 10 nitrogen and oxygen atoms in total. The molecule has 3 aliphatic heterocycles. The summed E-state index contributed by atoms with van der Waals surface area (Å²) in [5, 5.41) is 3.83. The van der Waals surface area contributed by atoms with Crippen LogP contribution in [0.25, 0.3) is 11.5 Å². The van der Waals surface area contributed by atoms with Crippen molar-refractivity contribution in [2.75, 3.05) is 44.2 Å². The molecule has 35 heavy (non-hydrogen) atoms. The number of likely N-dealkylation sites (tertiary alicyclic amines) is 2. The van der Waals surface area contributed by atoms with Gasteiger partial charge in [0.25, 0.3) is 5.89 Å². The third kappa shape index (κ3) is 4.76. The number of hydrogen-bond donors (Lipinski definition) is 1. The van der Waals surface area contributed by atoms with Gasteiger partial charge in [-0.2, -0.15) is 4.98 Å². The first-order chi connectivity index (χ1) is 17.0. The molecule has 2 N–H and O–H groups in total. The number of aryl methyl sites for hydroxylation is 1. The molecular formula is C25H35N7O3. The number of rotatable bonds is 5. The Hall–Kier alpha value is -3.01. The standard InChI is InChI=1S/C25H35N7O3/c1-18-28-22(35-29-18)19-7-8-21(27-16-19)31-11-5-6-20(17-31)23(33)30-14-9-25(10-15-30,24(26)34)32-12-3-2-4-13-32/h7-8,16,20H,2-6,9-15,17H2,1H3,(H2,26,34)/t20-/m0/s1. The van der Waals surface area contributed by atoms with Crippen LogP contribution in [0.1, 0.15) is 50.8 Å². The van der Waals surface area contributed by atoms with Gasteiger partial charge in [0, 0.05) is 32.4 Å². The Balaban J connectivity index is 1.21. The van der Waals surface area contributed by atoms with Crippen LogP contribution in [0.15, 0.2) is 22.9 Å². The van der Waals surface area contributed by atoms with E-state index in [0.29, 0.717) is 44.2 Å². The summed E-state index contributed by atoms with van der Waals surface area (Å²) in [4.78, 5) is 41.2. The summed E-state index contributed by atoms with van der Waals surface area (Å²) in [5.74, 6) is 1.77. The average molecular weight is 482 g/mol. The van der Waals surface area contributed by atoms with Gasteiger partial charge < -0.3 is 20.1 Å². The number of nitrogens with two attached hydrogens (primary N) is 1. The van der Waals surface area contributed by atoms with Crippen LogP contribution in [-0.4, -0.2) is 81.5 Å². The van der Waals surface area contributed by atoms with Crippen molar-refractivity contribution in [2.45, 2.75) is 57.4 Å². The second kappa shape index (κ2) is 9.93. The van der Waals surface area contributed by atoms with Gasteiger partial charge in [-0.1, -0.05) is 11.6 Å². The maximum atomic E-state index is 13.5. The molecule has 2 aromatic heterocycles. The van der Waals surface area contributed by atoms with Crippen molar-refractivity contribution in [1.29, 1.82) is 0 Å². The van der Waals surface area contributed by atoms with E-state index in [0.717, 1.165) is 56.7 Å². The fourth-order valence-electron chi connectivity index (χ4n) is 5.90. The molecule has 2 aromatic rings. The first-order valence-corrected chi connectivity index (χ1v) is 12.8. The Morgan fingerprint density at radius 3 is 2.46 bits per heavy atom. The quantitative estimate of drug-likeness (QED) is 0.688. The summed E-state index contributed by atoms with van der Waals surface area (Å²) in [6.07, 6.45) is 8.24. The fourth-order valence-corrected chi connectivity index (χ4v) is 5.90. The van der Waals surface area contributed by atoms with Gasteiger partial charge in [0.15, 0.2) is 5.82 Å². The van der Waals surface area contributed by atoms with E-state index in [4.69, 9.17) is 10.3 Å². The van der Waals surface area contributed by atoms with Crippen molar-refractivity contribution in [2.24, 2.45) is 11.7 Å². The van der Waals surface area contributed by atoms with Gasteiger partial charge in [-0.3, -0.25) is 14.5 Å². The van der Waals surface area contributed by atoms with Crippen molar-refractivity contribution >= 4 is 17.6 Å². The van der Waals surface area contributed by atoms with Crippen molar-refractivity contribution < 1.29 is 14.1 Å². The number of carbonyl (C=O) groups is 2. The minimum absolute atomic E-state index is 0.0696. The predicted molar refractivity (Wildman–Crippen MR) is 130 cm³/mol. The van der Waals surface area contributed by atoms with E-state index in [1.54, 1.807) is 13.1 Å². The Morgan fingerprint density at radius 1 is 1.06 bits per heavy atom. The topological polar surface area (TPSA) is 122 Å². The molecule has 0 bridgehead atoms. The van der Waals surface area contributed by atoms with Crippen LogP contribution in [0, 0.1) is 12.8 Å². The van der Waals surface area contributed by atoms with E-state index in [1.165, 1.54) is 6.42 Å². The SMILES string of the molecule is Cc1noc(-c2ccc(N3CCC[C@H](C(=O)N4CCC(C(N)=O)(N5CCCCC5)CC4)C3)nc2)n1. The highest BCUT2D eigenvalue weighted by Gasteiger charge is 2.46. The fraction of sp³-hybridized carbons (Fsp3) is 0.640. The molecule has 3 aliphatic rings. The summed E-state index contributed by atoms with van der Waals surface area (Å²) >= 11 is 0. The summed E-state index contributed by atoms with van der Waals surface area (Å²) in [7, 11) is 0. The lowest BCUT2D eigenvalue weighted by Crippen LogP contribution is -2.64. The third-order valence-electron chi connectivity index (χ3n) is 7.94. The first kappa shape index (κ1) is 23.7. The summed E-state index contributed by atoms with van der Waals surface area (Å²) < 4.78 is 5.22. The largest absolute Gasteiger partial charge is 0.368 e. The second-order valence-corrected chi connectivity index (χ2v) is 10.1. The van der Waals surface area contributed by atoms with Crippen molar-refractivity contribution in [3.05, 3.63) is 24.2 Å². The van der Waals surface area contributed by atoms with Crippen LogP contribution < -0.4 is 10.6 Å². The molecule has 10 heteroatoms. The minimum Gasteiger partial charge on any atom is -0.368 e. The molecule has 0 aromatic carbocycles. The number of piperidine rings is 3. The highest BCUT2D eigenvalue weighted by atomic mass is 16.5. The zero-order chi connectivity index (χ0) is 24.4. The van der Waals surface area contributed by atoms with Crippen LogP contribution in [0.2, 0.25) is 0 Å². The van der Waals surface area contributed by atoms with Gasteiger partial charge in [0.2, 0.25) is 11.8 Å². The van der Waals surface area contributed by atoms with E-state index in [9.17, 15) is 9.59 Å². The molecule has 1 atom stereocenters. The third-order valence-corrected chi connectivity index (χ3v) is 7.94. The Labute approximate surface area is 205 Å². The number of pyridine rings is 1. The van der Waals surface area contributed by atoms with E-state index in [1.807, 2.05) is 17.0 Å². The van der Waals surface area contributed by atoms with Crippen LogP contribution >= 0.6 is 0 Å². The Bertz CT molecular complexity index is 1040. The van der Waals surface area contributed by atoms with E-state index in [2.05, 4.69) is 24.9 Å². The van der Waals surface area contributed by atoms with Crippen LogP contribution in [-0.2, 0) is 9.59 Å². The molecule has 0 aliphatic carbocycles. The normalized spacial score (nSPS) is 23.3. The van der Waals surface area contributed by atoms with Crippen molar-refractivity contribution in [3.63, 3.8) is 0 Å². The minimum atomic E-state index is -0.599. The second-order valence-electron chi connectivity index (χ2n) is 10.1. The number of anilines is 1. The molecule has 5 heterocycles. The predicted octanol–water partition coefficient (Wildman–Crippen LogP) is 1.99. The highest BCUT2D eigenvalue weighted by Crippen LogP contribution is 2.33. The van der Waals surface area contributed by atoms with E-state index >= 15 is 0 Å². The lowest BCUT2D eigenvalue weighted by Gasteiger charge is -2.48. The first-order valence-electron chi connectivity index (χ1n) is 12.8. The molecule has 0 radical (unpaired) electrons. The molecule has 188 valence electrons. The molecule has 3 fully saturated rings. The lowest BCUT2D eigenvalue weighted by atomic mass is 9.82. The number of amides is 2. The number of aromatic nitrogens is 3. The van der Waals surface area contributed by atoms with Gasteiger partial charge >= 0.3 is 0 Å². The number of carbonyl (C=O) groups excluding carboxylic acids is 2. The number of primary amides is 1. The smallest absolute Gasteiger partial charge is 0.259 e. The Morgan fingerprint density at radius 2 is 1.83 bits per heavy atom. The highest BCUT2D eigenvalue weighted by molar-refractivity contribution is 5.86. The summed E-state index contributed by atoms with van der Waals surface area (Å²) in [5.41, 5.74) is 6.10. The van der Waals surface area contributed by atoms with Gasteiger partial charge in [-0.15, -0.1) is 0 Å². The Kier molecular flexibility index (Phi) is 6.73. The molecule has 0 spiro atoms. The summed E-state index contributed by atoms with van der Waals surface area (Å²) in [6.45, 7) is 6.32. The maximum absolute atomic E-state index is 13.5. The maximum Gasteiger partial charge on any atom is 0.259 e. The lowest BCUT2D eigenvalue weighted by molar-refractivity contribution is -0.144. The van der Waals surface area contributed by atoms with Crippen LogP contribution in [0.4, 0.5) is 5.82 Å². The number of hydrogen-bond acceptors (Lipinski definition) is 8. The van der Waals surface area contributed by atoms with Gasteiger partial charge in [-0.25, -0.2) is 4.98 Å². The van der Waals surface area contributed by atoms with E-state index in [-0.39, 0.29) is 17.7 Å². The monoisotopic (exact) mass is 481 g/mol. The zero-order valence-electron chi connectivity index (χ0n) is 20.5. The van der Waals surface area contributed by atoms with Gasteiger partial charge in [-0.05, 0) is 70.7 Å². The van der Waals surface area contributed by atoms with Crippen LogP contribution in [0.3, 0.4) is 0 Å².